The van der Waals surface area contributed by atoms with Gasteiger partial charge in [0.2, 0.25) is 0 Å². The number of hydrogen-bond donors (Lipinski definition) is 0. The van der Waals surface area contributed by atoms with Crippen molar-refractivity contribution in [3.8, 4) is 0 Å². The summed E-state index contributed by atoms with van der Waals surface area (Å²) in [6, 6.07) is 0. The van der Waals surface area contributed by atoms with E-state index in [1.54, 1.807) is 0 Å². The summed E-state index contributed by atoms with van der Waals surface area (Å²) in [5.41, 5.74) is 0. The van der Waals surface area contributed by atoms with Crippen LogP contribution in [0.2, 0.25) is 0 Å². The Morgan fingerprint density at radius 3 is 0.839 bits per heavy atom. The van der Waals surface area contributed by atoms with Crippen LogP contribution in [-0.2, 0) is 28.6 Å². The van der Waals surface area contributed by atoms with E-state index in [9.17, 15) is 14.4 Å². The number of hydrogen-bond acceptors (Lipinski definition) is 6. The van der Waals surface area contributed by atoms with Crippen molar-refractivity contribution in [1.82, 2.24) is 0 Å². The Labute approximate surface area is 387 Å². The van der Waals surface area contributed by atoms with Crippen LogP contribution >= 0.6 is 0 Å². The molecule has 0 fully saturated rings. The van der Waals surface area contributed by atoms with Crippen LogP contribution in [0.5, 0.6) is 0 Å². The lowest BCUT2D eigenvalue weighted by Gasteiger charge is -2.18. The number of carbonyl (C=O) groups excluding carboxylic acids is 3. The van der Waals surface area contributed by atoms with Gasteiger partial charge in [0.1, 0.15) is 13.2 Å². The van der Waals surface area contributed by atoms with Crippen molar-refractivity contribution in [2.45, 2.75) is 317 Å². The van der Waals surface area contributed by atoms with Crippen molar-refractivity contribution in [2.24, 2.45) is 11.8 Å². The summed E-state index contributed by atoms with van der Waals surface area (Å²) < 4.78 is 16.8. The molecular formula is C56H108O6. The maximum absolute atomic E-state index is 12.8. The molecule has 368 valence electrons. The fourth-order valence-electron chi connectivity index (χ4n) is 8.46. The first kappa shape index (κ1) is 60.4. The molecule has 3 atom stereocenters. The highest BCUT2D eigenvalue weighted by atomic mass is 16.6. The molecule has 0 bridgehead atoms. The van der Waals surface area contributed by atoms with Crippen LogP contribution in [0.4, 0.5) is 0 Å². The molecule has 0 aromatic heterocycles. The summed E-state index contributed by atoms with van der Waals surface area (Å²) in [7, 11) is 0. The molecule has 0 saturated heterocycles. The van der Waals surface area contributed by atoms with Gasteiger partial charge in [0, 0.05) is 19.3 Å². The third kappa shape index (κ3) is 46.4. The van der Waals surface area contributed by atoms with E-state index in [2.05, 4.69) is 34.6 Å². The number of rotatable bonds is 50. The van der Waals surface area contributed by atoms with Gasteiger partial charge >= 0.3 is 17.9 Å². The van der Waals surface area contributed by atoms with Crippen LogP contribution in [0.1, 0.15) is 311 Å². The molecular weight excluding hydrogens is 769 g/mol. The predicted molar refractivity (Wildman–Crippen MR) is 266 cm³/mol. The van der Waals surface area contributed by atoms with E-state index in [1.807, 2.05) is 0 Å². The van der Waals surface area contributed by atoms with E-state index in [1.165, 1.54) is 199 Å². The second-order valence-electron chi connectivity index (χ2n) is 19.7. The lowest BCUT2D eigenvalue weighted by molar-refractivity contribution is -0.167. The Bertz CT molecular complexity index is 951. The highest BCUT2D eigenvalue weighted by Crippen LogP contribution is 2.19. The van der Waals surface area contributed by atoms with E-state index in [0.29, 0.717) is 19.3 Å². The Kier molecular flexibility index (Phi) is 47.6. The van der Waals surface area contributed by atoms with E-state index >= 15 is 0 Å². The van der Waals surface area contributed by atoms with Gasteiger partial charge in [0.25, 0.3) is 0 Å². The largest absolute Gasteiger partial charge is 0.462 e. The molecule has 0 N–H and O–H groups in total. The summed E-state index contributed by atoms with van der Waals surface area (Å²) in [6.07, 6.45) is 50.9. The second kappa shape index (κ2) is 48.9. The van der Waals surface area contributed by atoms with Crippen molar-refractivity contribution in [3.05, 3.63) is 0 Å². The second-order valence-corrected chi connectivity index (χ2v) is 19.7. The zero-order valence-corrected chi connectivity index (χ0v) is 42.5. The summed E-state index contributed by atoms with van der Waals surface area (Å²) in [5, 5.41) is 0. The zero-order valence-electron chi connectivity index (χ0n) is 42.5. The van der Waals surface area contributed by atoms with E-state index in [0.717, 1.165) is 69.6 Å². The Morgan fingerprint density at radius 2 is 0.565 bits per heavy atom. The minimum absolute atomic E-state index is 0.0639. The van der Waals surface area contributed by atoms with E-state index in [-0.39, 0.29) is 31.1 Å². The quantitative estimate of drug-likeness (QED) is 0.0344. The average molecular weight is 877 g/mol. The van der Waals surface area contributed by atoms with Gasteiger partial charge in [-0.3, -0.25) is 14.4 Å². The smallest absolute Gasteiger partial charge is 0.306 e. The highest BCUT2D eigenvalue weighted by molar-refractivity contribution is 5.71. The van der Waals surface area contributed by atoms with E-state index in [4.69, 9.17) is 14.2 Å². The minimum Gasteiger partial charge on any atom is -0.462 e. The summed E-state index contributed by atoms with van der Waals surface area (Å²) in [6.45, 7) is 11.4. The van der Waals surface area contributed by atoms with Gasteiger partial charge in [-0.25, -0.2) is 0 Å². The number of ether oxygens (including phenoxy) is 3. The first-order valence-corrected chi connectivity index (χ1v) is 27.8. The van der Waals surface area contributed by atoms with Gasteiger partial charge in [-0.15, -0.1) is 0 Å². The maximum Gasteiger partial charge on any atom is 0.306 e. The van der Waals surface area contributed by atoms with Gasteiger partial charge in [-0.1, -0.05) is 272 Å². The molecule has 0 radical (unpaired) electrons. The molecule has 6 heteroatoms. The van der Waals surface area contributed by atoms with Crippen molar-refractivity contribution in [3.63, 3.8) is 0 Å². The molecule has 0 saturated carbocycles. The summed E-state index contributed by atoms with van der Waals surface area (Å²) in [4.78, 5) is 38.0. The van der Waals surface area contributed by atoms with Crippen molar-refractivity contribution in [2.75, 3.05) is 13.2 Å². The van der Waals surface area contributed by atoms with Crippen LogP contribution < -0.4 is 0 Å². The van der Waals surface area contributed by atoms with Gasteiger partial charge in [0.15, 0.2) is 6.10 Å². The maximum atomic E-state index is 12.8. The molecule has 0 heterocycles. The van der Waals surface area contributed by atoms with Crippen LogP contribution in [0.25, 0.3) is 0 Å². The summed E-state index contributed by atoms with van der Waals surface area (Å²) >= 11 is 0. The van der Waals surface area contributed by atoms with Crippen LogP contribution in [0, 0.1) is 11.8 Å². The monoisotopic (exact) mass is 877 g/mol. The fourth-order valence-corrected chi connectivity index (χ4v) is 8.46. The van der Waals surface area contributed by atoms with Gasteiger partial charge < -0.3 is 14.2 Å². The van der Waals surface area contributed by atoms with E-state index < -0.39 is 6.10 Å². The van der Waals surface area contributed by atoms with Gasteiger partial charge in [0.05, 0.1) is 0 Å². The number of carbonyl (C=O) groups is 3. The molecule has 0 aliphatic carbocycles. The van der Waals surface area contributed by atoms with Gasteiger partial charge in [-0.2, -0.15) is 0 Å². The topological polar surface area (TPSA) is 78.9 Å². The van der Waals surface area contributed by atoms with Crippen LogP contribution in [0.3, 0.4) is 0 Å². The molecule has 6 nitrogen and oxygen atoms in total. The first-order valence-electron chi connectivity index (χ1n) is 27.8. The van der Waals surface area contributed by atoms with Crippen LogP contribution in [0.15, 0.2) is 0 Å². The third-order valence-electron chi connectivity index (χ3n) is 13.4. The Morgan fingerprint density at radius 1 is 0.323 bits per heavy atom. The lowest BCUT2D eigenvalue weighted by Crippen LogP contribution is -2.30. The lowest BCUT2D eigenvalue weighted by atomic mass is 9.99. The molecule has 0 rings (SSSR count). The normalized spacial score (nSPS) is 12.9. The average Bonchev–Trinajstić information content (AvgIpc) is 3.27. The Balaban J connectivity index is 4.21. The molecule has 0 spiro atoms. The molecule has 0 amide bonds. The van der Waals surface area contributed by atoms with Gasteiger partial charge in [-0.05, 0) is 31.1 Å². The summed E-state index contributed by atoms with van der Waals surface area (Å²) in [5.74, 6) is 0.876. The van der Waals surface area contributed by atoms with Crippen molar-refractivity contribution in [1.29, 1.82) is 0 Å². The molecule has 0 aliphatic heterocycles. The fraction of sp³-hybridized carbons (Fsp3) is 0.946. The van der Waals surface area contributed by atoms with Crippen molar-refractivity contribution >= 4 is 17.9 Å². The minimum atomic E-state index is -0.762. The molecule has 0 aromatic carbocycles. The number of unbranched alkanes of at least 4 members (excludes halogenated alkanes) is 33. The molecule has 62 heavy (non-hydrogen) atoms. The molecule has 0 aliphatic rings. The highest BCUT2D eigenvalue weighted by Gasteiger charge is 2.19. The third-order valence-corrected chi connectivity index (χ3v) is 13.4. The number of esters is 3. The zero-order chi connectivity index (χ0) is 45.4. The SMILES string of the molecule is CCCCCCCCCCCCCCC(=O)OC[C@H](COC(=O)CCCCCCCCC(C)CC)OC(=O)CCCCCCCCCCCCCCCCCCCCC(C)CC. The predicted octanol–water partition coefficient (Wildman–Crippen LogP) is 18.1. The molecule has 2 unspecified atom stereocenters. The first-order chi connectivity index (χ1) is 30.3. The van der Waals surface area contributed by atoms with Crippen molar-refractivity contribution < 1.29 is 28.6 Å². The Hall–Kier alpha value is -1.59. The van der Waals surface area contributed by atoms with Crippen LogP contribution in [-0.4, -0.2) is 37.2 Å². The molecule has 0 aromatic rings. The standard InChI is InChI=1S/C56H108O6/c1-6-9-10-11-12-13-14-24-27-30-36-41-46-54(57)60-49-53(50-61-55(58)47-42-37-33-32-35-40-45-52(5)8-3)62-56(59)48-43-38-31-28-25-22-20-18-16-15-17-19-21-23-26-29-34-39-44-51(4)7-2/h51-53H,6-50H2,1-5H3/t51?,52?,53-/m1/s1.